The summed E-state index contributed by atoms with van der Waals surface area (Å²) in [6.07, 6.45) is 0. The molecule has 37 heavy (non-hydrogen) atoms. The first kappa shape index (κ1) is 22.6. The Kier molecular flexibility index (Phi) is 5.87. The Labute approximate surface area is 213 Å². The van der Waals surface area contributed by atoms with Crippen molar-refractivity contribution in [3.63, 3.8) is 0 Å². The van der Waals surface area contributed by atoms with Gasteiger partial charge in [-0.25, -0.2) is 4.79 Å². The molecule has 0 atom stereocenters. The molecule has 2 heterocycles. The molecule has 0 bridgehead atoms. The lowest BCUT2D eigenvalue weighted by Crippen LogP contribution is -2.05. The average Bonchev–Trinajstić information content (AvgIpc) is 3.32. The molecule has 0 spiro atoms. The molecule has 0 radical (unpaired) electrons. The highest BCUT2D eigenvalue weighted by molar-refractivity contribution is 6.21. The molecule has 0 aliphatic carbocycles. The minimum absolute atomic E-state index is 0.315. The number of fused-ring (bicyclic) bond motifs is 3. The lowest BCUT2D eigenvalue weighted by molar-refractivity contribution is 0.130. The van der Waals surface area contributed by atoms with Crippen LogP contribution in [0.1, 0.15) is 22.5 Å². The molecular formula is C32H23NO4. The predicted molar refractivity (Wildman–Crippen MR) is 146 cm³/mol. The van der Waals surface area contributed by atoms with Crippen LogP contribution in [-0.4, -0.2) is 5.71 Å². The first-order valence-corrected chi connectivity index (χ1v) is 12.0. The zero-order valence-corrected chi connectivity index (χ0v) is 20.2. The van der Waals surface area contributed by atoms with Crippen LogP contribution in [0.25, 0.3) is 33.1 Å². The lowest BCUT2D eigenvalue weighted by Gasteiger charge is -2.09. The fraction of sp³-hybridized carbons (Fsp3) is 0.0625. The van der Waals surface area contributed by atoms with Gasteiger partial charge >= 0.3 is 5.63 Å². The second-order valence-corrected chi connectivity index (χ2v) is 8.80. The van der Waals surface area contributed by atoms with Crippen molar-refractivity contribution in [1.82, 2.24) is 0 Å². The third kappa shape index (κ3) is 4.32. The standard InChI is InChI=1S/C32H23NO4/c1-21-19-27(34)37-31-25(21)17-18-26-29(31)28(23-13-7-3-8-14-23)32(36-26)30(24-15-9-4-10-16-24)33-35-20-22-11-5-2-6-12-22/h2-19H,20H2,1H3. The third-order valence-corrected chi connectivity index (χ3v) is 6.33. The summed E-state index contributed by atoms with van der Waals surface area (Å²) in [6.45, 7) is 2.22. The molecule has 0 unspecified atom stereocenters. The highest BCUT2D eigenvalue weighted by Crippen LogP contribution is 2.40. The number of hydrogen-bond acceptors (Lipinski definition) is 5. The van der Waals surface area contributed by atoms with E-state index in [0.29, 0.717) is 29.2 Å². The molecule has 6 aromatic rings. The van der Waals surface area contributed by atoms with Crippen molar-refractivity contribution in [2.24, 2.45) is 5.16 Å². The smallest absolute Gasteiger partial charge is 0.336 e. The maximum atomic E-state index is 12.4. The number of furan rings is 1. The number of rotatable bonds is 6. The van der Waals surface area contributed by atoms with E-state index in [0.717, 1.165) is 38.6 Å². The van der Waals surface area contributed by atoms with Gasteiger partial charge < -0.3 is 13.7 Å². The van der Waals surface area contributed by atoms with Gasteiger partial charge in [-0.05, 0) is 35.7 Å². The van der Waals surface area contributed by atoms with E-state index in [1.807, 2.05) is 110 Å². The van der Waals surface area contributed by atoms with Gasteiger partial charge in [0.15, 0.2) is 11.5 Å². The SMILES string of the molecule is Cc1cc(=O)oc2c1ccc1oc(C(=NOCc3ccccc3)c3ccccc3)c(-c3ccccc3)c12. The monoisotopic (exact) mass is 485 g/mol. The first-order valence-electron chi connectivity index (χ1n) is 12.0. The molecule has 0 saturated carbocycles. The number of nitrogens with zero attached hydrogens (tertiary/aromatic N) is 1. The van der Waals surface area contributed by atoms with Crippen LogP contribution in [-0.2, 0) is 11.4 Å². The van der Waals surface area contributed by atoms with E-state index in [9.17, 15) is 4.79 Å². The van der Waals surface area contributed by atoms with Crippen LogP contribution in [0.15, 0.2) is 128 Å². The Balaban J connectivity index is 1.63. The second-order valence-electron chi connectivity index (χ2n) is 8.80. The van der Waals surface area contributed by atoms with E-state index in [1.54, 1.807) is 0 Å². The predicted octanol–water partition coefficient (Wildman–Crippen LogP) is 7.48. The fourth-order valence-electron chi connectivity index (χ4n) is 4.58. The lowest BCUT2D eigenvalue weighted by atomic mass is 9.96. The highest BCUT2D eigenvalue weighted by Gasteiger charge is 2.25. The molecule has 4 aromatic carbocycles. The summed E-state index contributed by atoms with van der Waals surface area (Å²) in [5, 5.41) is 6.17. The van der Waals surface area contributed by atoms with Gasteiger partial charge in [0.2, 0.25) is 0 Å². The minimum atomic E-state index is -0.401. The van der Waals surface area contributed by atoms with E-state index >= 15 is 0 Å². The van der Waals surface area contributed by atoms with Crippen LogP contribution in [0.5, 0.6) is 0 Å². The van der Waals surface area contributed by atoms with E-state index in [1.165, 1.54) is 6.07 Å². The third-order valence-electron chi connectivity index (χ3n) is 6.33. The quantitative estimate of drug-likeness (QED) is 0.139. The topological polar surface area (TPSA) is 64.9 Å². The van der Waals surface area contributed by atoms with Crippen molar-refractivity contribution >= 4 is 27.7 Å². The highest BCUT2D eigenvalue weighted by atomic mass is 16.6. The summed E-state index contributed by atoms with van der Waals surface area (Å²) >= 11 is 0. The second kappa shape index (κ2) is 9.63. The van der Waals surface area contributed by atoms with Crippen molar-refractivity contribution in [3.05, 3.63) is 142 Å². The van der Waals surface area contributed by atoms with Gasteiger partial charge in [0.1, 0.15) is 17.8 Å². The van der Waals surface area contributed by atoms with Gasteiger partial charge in [0, 0.05) is 22.6 Å². The van der Waals surface area contributed by atoms with Crippen molar-refractivity contribution in [1.29, 1.82) is 0 Å². The Morgan fingerprint density at radius 3 is 2.22 bits per heavy atom. The fourth-order valence-corrected chi connectivity index (χ4v) is 4.58. The molecule has 6 rings (SSSR count). The number of oxime groups is 1. The van der Waals surface area contributed by atoms with Crippen LogP contribution in [0.3, 0.4) is 0 Å². The molecule has 0 aliphatic heterocycles. The normalized spacial score (nSPS) is 11.8. The Morgan fingerprint density at radius 1 is 0.811 bits per heavy atom. The van der Waals surface area contributed by atoms with Crippen LogP contribution in [0.4, 0.5) is 0 Å². The van der Waals surface area contributed by atoms with E-state index in [2.05, 4.69) is 5.16 Å². The van der Waals surface area contributed by atoms with Crippen molar-refractivity contribution in [2.45, 2.75) is 13.5 Å². The van der Waals surface area contributed by atoms with Crippen LogP contribution >= 0.6 is 0 Å². The summed E-state index contributed by atoms with van der Waals surface area (Å²) in [7, 11) is 0. The number of aryl methyl sites for hydroxylation is 1. The van der Waals surface area contributed by atoms with E-state index in [4.69, 9.17) is 13.7 Å². The van der Waals surface area contributed by atoms with Crippen molar-refractivity contribution in [3.8, 4) is 11.1 Å². The summed E-state index contributed by atoms with van der Waals surface area (Å²) < 4.78 is 12.3. The van der Waals surface area contributed by atoms with Gasteiger partial charge in [0.25, 0.3) is 0 Å². The molecular weight excluding hydrogens is 462 g/mol. The van der Waals surface area contributed by atoms with Crippen LogP contribution in [0, 0.1) is 6.92 Å². The molecule has 5 heteroatoms. The number of benzene rings is 4. The van der Waals surface area contributed by atoms with Crippen LogP contribution in [0.2, 0.25) is 0 Å². The summed E-state index contributed by atoms with van der Waals surface area (Å²) in [5.41, 5.74) is 5.65. The van der Waals surface area contributed by atoms with E-state index in [-0.39, 0.29) is 0 Å². The van der Waals surface area contributed by atoms with E-state index < -0.39 is 5.63 Å². The maximum Gasteiger partial charge on any atom is 0.336 e. The van der Waals surface area contributed by atoms with Gasteiger partial charge in [-0.1, -0.05) is 96.2 Å². The summed E-state index contributed by atoms with van der Waals surface area (Å²) in [4.78, 5) is 18.3. The average molecular weight is 486 g/mol. The number of hydrogen-bond donors (Lipinski definition) is 0. The maximum absolute atomic E-state index is 12.4. The zero-order valence-electron chi connectivity index (χ0n) is 20.2. The van der Waals surface area contributed by atoms with Gasteiger partial charge in [0.05, 0.1) is 5.39 Å². The Bertz CT molecular complexity index is 1780. The zero-order chi connectivity index (χ0) is 25.2. The van der Waals surface area contributed by atoms with Crippen molar-refractivity contribution < 1.29 is 13.7 Å². The van der Waals surface area contributed by atoms with Crippen LogP contribution < -0.4 is 5.63 Å². The first-order chi connectivity index (χ1) is 18.2. The summed E-state index contributed by atoms with van der Waals surface area (Å²) in [5.74, 6) is 0.539. The van der Waals surface area contributed by atoms with Gasteiger partial charge in [-0.3, -0.25) is 0 Å². The van der Waals surface area contributed by atoms with Crippen molar-refractivity contribution in [2.75, 3.05) is 0 Å². The Hall–Kier alpha value is -4.90. The molecule has 2 aromatic heterocycles. The molecule has 0 aliphatic rings. The molecule has 5 nitrogen and oxygen atoms in total. The van der Waals surface area contributed by atoms with Gasteiger partial charge in [-0.2, -0.15) is 0 Å². The molecule has 180 valence electrons. The minimum Gasteiger partial charge on any atom is -0.453 e. The summed E-state index contributed by atoms with van der Waals surface area (Å²) in [6, 6.07) is 34.9. The molecule has 0 saturated heterocycles. The largest absolute Gasteiger partial charge is 0.453 e. The molecule has 0 fully saturated rings. The molecule has 0 N–H and O–H groups in total. The Morgan fingerprint density at radius 2 is 1.49 bits per heavy atom. The van der Waals surface area contributed by atoms with Gasteiger partial charge in [-0.15, -0.1) is 0 Å². The molecule has 0 amide bonds.